The Kier molecular flexibility index (Phi) is 4.87. The Morgan fingerprint density at radius 2 is 1.96 bits per heavy atom. The summed E-state index contributed by atoms with van der Waals surface area (Å²) in [6.07, 6.45) is -0.329. The second-order valence-corrected chi connectivity index (χ2v) is 6.43. The molecule has 0 aliphatic carbocycles. The topological polar surface area (TPSA) is 75.7 Å². The van der Waals surface area contributed by atoms with Gasteiger partial charge >= 0.3 is 12.0 Å². The summed E-state index contributed by atoms with van der Waals surface area (Å²) in [5.74, 6) is -1.21. The summed E-state index contributed by atoms with van der Waals surface area (Å²) in [6, 6.07) is 3.99. The minimum atomic E-state index is -1.32. The number of nitrogens with one attached hydrogen (secondary N) is 1. The van der Waals surface area contributed by atoms with E-state index in [0.717, 1.165) is 4.90 Å². The third kappa shape index (κ3) is 3.43. The van der Waals surface area contributed by atoms with Crippen LogP contribution < -0.4 is 5.32 Å². The Bertz CT molecular complexity index is 677. The summed E-state index contributed by atoms with van der Waals surface area (Å²) >= 11 is 11.8. The van der Waals surface area contributed by atoms with Gasteiger partial charge in [0.1, 0.15) is 12.1 Å². The SMILES string of the molecule is CC(C)OC(=O)CN1C(=O)NC(C)(c2ccc(Cl)c(Cl)c2)C1=O. The summed E-state index contributed by atoms with van der Waals surface area (Å²) < 4.78 is 4.97. The number of imide groups is 1. The highest BCUT2D eigenvalue weighted by atomic mass is 35.5. The lowest BCUT2D eigenvalue weighted by molar-refractivity contribution is -0.150. The number of hydrogen-bond acceptors (Lipinski definition) is 4. The van der Waals surface area contributed by atoms with Gasteiger partial charge in [-0.15, -0.1) is 0 Å². The van der Waals surface area contributed by atoms with E-state index in [0.29, 0.717) is 10.6 Å². The zero-order valence-corrected chi connectivity index (χ0v) is 14.4. The molecule has 0 spiro atoms. The predicted octanol–water partition coefficient (Wildman–Crippen LogP) is 2.71. The van der Waals surface area contributed by atoms with Crippen LogP contribution in [0.2, 0.25) is 10.0 Å². The van der Waals surface area contributed by atoms with E-state index in [1.54, 1.807) is 32.9 Å². The molecule has 1 aromatic rings. The van der Waals surface area contributed by atoms with E-state index in [1.807, 2.05) is 0 Å². The summed E-state index contributed by atoms with van der Waals surface area (Å²) in [7, 11) is 0. The molecule has 0 saturated carbocycles. The molecule has 1 N–H and O–H groups in total. The van der Waals surface area contributed by atoms with Crippen molar-refractivity contribution < 1.29 is 19.1 Å². The third-order valence-electron chi connectivity index (χ3n) is 3.43. The summed E-state index contributed by atoms with van der Waals surface area (Å²) in [4.78, 5) is 37.2. The monoisotopic (exact) mass is 358 g/mol. The Labute approximate surface area is 143 Å². The number of rotatable bonds is 4. The minimum absolute atomic E-state index is 0.269. The van der Waals surface area contributed by atoms with Crippen molar-refractivity contribution in [1.82, 2.24) is 10.2 Å². The standard InChI is InChI=1S/C15H16Cl2N2O4/c1-8(2)23-12(20)7-19-13(21)15(3,18-14(19)22)9-4-5-10(16)11(17)6-9/h4-6,8H,7H2,1-3H3,(H,18,22). The number of esters is 1. The Hall–Kier alpha value is -1.79. The quantitative estimate of drug-likeness (QED) is 0.663. The predicted molar refractivity (Wildman–Crippen MR) is 85.3 cm³/mol. The van der Waals surface area contributed by atoms with Crippen LogP contribution in [0, 0.1) is 0 Å². The van der Waals surface area contributed by atoms with Crippen molar-refractivity contribution >= 4 is 41.1 Å². The van der Waals surface area contributed by atoms with Crippen LogP contribution in [0.1, 0.15) is 26.3 Å². The lowest BCUT2D eigenvalue weighted by Gasteiger charge is -2.22. The number of carbonyl (C=O) groups is 3. The molecule has 1 fully saturated rings. The molecule has 0 radical (unpaired) electrons. The van der Waals surface area contributed by atoms with Gasteiger partial charge in [0.15, 0.2) is 0 Å². The molecule has 23 heavy (non-hydrogen) atoms. The molecule has 1 aliphatic heterocycles. The maximum atomic E-state index is 12.6. The Morgan fingerprint density at radius 3 is 2.52 bits per heavy atom. The molecule has 1 unspecified atom stereocenters. The van der Waals surface area contributed by atoms with Gasteiger partial charge in [0.05, 0.1) is 16.1 Å². The van der Waals surface area contributed by atoms with Crippen molar-refractivity contribution in [2.24, 2.45) is 0 Å². The fourth-order valence-corrected chi connectivity index (χ4v) is 2.57. The van der Waals surface area contributed by atoms with Crippen molar-refractivity contribution in [2.45, 2.75) is 32.4 Å². The van der Waals surface area contributed by atoms with Crippen LogP contribution in [0.5, 0.6) is 0 Å². The highest BCUT2D eigenvalue weighted by Gasteiger charge is 2.49. The van der Waals surface area contributed by atoms with Crippen LogP contribution in [0.15, 0.2) is 18.2 Å². The van der Waals surface area contributed by atoms with E-state index in [1.165, 1.54) is 6.07 Å². The van der Waals surface area contributed by atoms with Crippen LogP contribution in [-0.2, 0) is 19.9 Å². The number of hydrogen-bond donors (Lipinski definition) is 1. The first-order chi connectivity index (χ1) is 10.6. The molecule has 2 rings (SSSR count). The number of ether oxygens (including phenoxy) is 1. The molecule has 0 bridgehead atoms. The van der Waals surface area contributed by atoms with E-state index in [-0.39, 0.29) is 11.1 Å². The van der Waals surface area contributed by atoms with Crippen molar-refractivity contribution in [3.05, 3.63) is 33.8 Å². The summed E-state index contributed by atoms with van der Waals surface area (Å²) in [5, 5.41) is 3.19. The Morgan fingerprint density at radius 1 is 1.30 bits per heavy atom. The van der Waals surface area contributed by atoms with Gasteiger partial charge in [-0.3, -0.25) is 14.5 Å². The van der Waals surface area contributed by atoms with E-state index < -0.39 is 30.0 Å². The molecular weight excluding hydrogens is 343 g/mol. The highest BCUT2D eigenvalue weighted by molar-refractivity contribution is 6.42. The minimum Gasteiger partial charge on any atom is -0.462 e. The van der Waals surface area contributed by atoms with E-state index in [2.05, 4.69) is 5.32 Å². The molecule has 6 nitrogen and oxygen atoms in total. The molecule has 3 amide bonds. The van der Waals surface area contributed by atoms with Crippen LogP contribution >= 0.6 is 23.2 Å². The number of amides is 3. The number of benzene rings is 1. The number of nitrogens with zero attached hydrogens (tertiary/aromatic N) is 1. The Balaban J connectivity index is 2.25. The lowest BCUT2D eigenvalue weighted by Crippen LogP contribution is -2.41. The van der Waals surface area contributed by atoms with Gasteiger partial charge in [-0.25, -0.2) is 4.79 Å². The van der Waals surface area contributed by atoms with Crippen molar-refractivity contribution in [3.63, 3.8) is 0 Å². The summed E-state index contributed by atoms with van der Waals surface area (Å²) in [6.45, 7) is 4.47. The number of halogens is 2. The first-order valence-corrected chi connectivity index (χ1v) is 7.70. The molecular formula is C15H16Cl2N2O4. The molecule has 1 saturated heterocycles. The zero-order chi connectivity index (χ0) is 17.4. The fourth-order valence-electron chi connectivity index (χ4n) is 2.27. The average molecular weight is 359 g/mol. The lowest BCUT2D eigenvalue weighted by atomic mass is 9.92. The molecule has 124 valence electrons. The van der Waals surface area contributed by atoms with Crippen LogP contribution in [-0.4, -0.2) is 35.5 Å². The maximum absolute atomic E-state index is 12.6. The van der Waals surface area contributed by atoms with Crippen molar-refractivity contribution in [2.75, 3.05) is 6.54 Å². The molecule has 0 aromatic heterocycles. The van der Waals surface area contributed by atoms with E-state index >= 15 is 0 Å². The summed E-state index contributed by atoms with van der Waals surface area (Å²) in [5.41, 5.74) is -0.839. The smallest absolute Gasteiger partial charge is 0.326 e. The van der Waals surface area contributed by atoms with Crippen LogP contribution in [0.25, 0.3) is 0 Å². The third-order valence-corrected chi connectivity index (χ3v) is 4.17. The second kappa shape index (κ2) is 6.37. The molecule has 1 aromatic carbocycles. The van der Waals surface area contributed by atoms with Gasteiger partial charge in [0.2, 0.25) is 0 Å². The number of urea groups is 1. The van der Waals surface area contributed by atoms with E-state index in [4.69, 9.17) is 27.9 Å². The largest absolute Gasteiger partial charge is 0.462 e. The van der Waals surface area contributed by atoms with E-state index in [9.17, 15) is 14.4 Å². The first kappa shape index (κ1) is 17.6. The van der Waals surface area contributed by atoms with Gasteiger partial charge in [0.25, 0.3) is 5.91 Å². The average Bonchev–Trinajstić information content (AvgIpc) is 2.65. The van der Waals surface area contributed by atoms with Crippen molar-refractivity contribution in [3.8, 4) is 0 Å². The van der Waals surface area contributed by atoms with Crippen LogP contribution in [0.4, 0.5) is 4.79 Å². The first-order valence-electron chi connectivity index (χ1n) is 6.94. The highest BCUT2D eigenvalue weighted by Crippen LogP contribution is 2.32. The van der Waals surface area contributed by atoms with Gasteiger partial charge in [-0.1, -0.05) is 29.3 Å². The fraction of sp³-hybridized carbons (Fsp3) is 0.400. The van der Waals surface area contributed by atoms with Gasteiger partial charge in [-0.05, 0) is 38.5 Å². The van der Waals surface area contributed by atoms with Gasteiger partial charge in [0, 0.05) is 0 Å². The molecule has 1 heterocycles. The van der Waals surface area contributed by atoms with Gasteiger partial charge in [-0.2, -0.15) is 0 Å². The molecule has 1 atom stereocenters. The molecule has 1 aliphatic rings. The molecule has 8 heteroatoms. The van der Waals surface area contributed by atoms with Crippen LogP contribution in [0.3, 0.4) is 0 Å². The van der Waals surface area contributed by atoms with Crippen molar-refractivity contribution in [1.29, 1.82) is 0 Å². The second-order valence-electron chi connectivity index (χ2n) is 5.61. The zero-order valence-electron chi connectivity index (χ0n) is 12.9. The maximum Gasteiger partial charge on any atom is 0.326 e. The number of carbonyl (C=O) groups excluding carboxylic acids is 3. The van der Waals surface area contributed by atoms with Gasteiger partial charge < -0.3 is 10.1 Å². The normalized spacial score (nSPS) is 20.9.